The highest BCUT2D eigenvalue weighted by molar-refractivity contribution is 8.00. The summed E-state index contributed by atoms with van der Waals surface area (Å²) in [6, 6.07) is 3.56. The number of nitro benzene ring substituents is 1. The Hall–Kier alpha value is -1.48. The van der Waals surface area contributed by atoms with E-state index in [4.69, 9.17) is 4.74 Å². The number of alkyl halides is 3. The number of hydrogen-bond donors (Lipinski definition) is 1. The van der Waals surface area contributed by atoms with Gasteiger partial charge in [-0.15, -0.1) is 0 Å². The number of aliphatic hydroxyl groups is 1. The number of benzene rings is 1. The molecule has 112 valence electrons. The topological polar surface area (TPSA) is 72.6 Å². The Morgan fingerprint density at radius 3 is 2.65 bits per heavy atom. The quantitative estimate of drug-likeness (QED) is 0.496. The van der Waals surface area contributed by atoms with Crippen molar-refractivity contribution in [1.29, 1.82) is 0 Å². The second kappa shape index (κ2) is 6.80. The van der Waals surface area contributed by atoms with Gasteiger partial charge in [-0.05, 0) is 24.8 Å². The van der Waals surface area contributed by atoms with Crippen LogP contribution in [0, 0.1) is 10.1 Å². The van der Waals surface area contributed by atoms with Gasteiger partial charge in [0, 0.05) is 23.4 Å². The summed E-state index contributed by atoms with van der Waals surface area (Å²) in [5.41, 5.74) is -4.39. The van der Waals surface area contributed by atoms with E-state index in [0.717, 1.165) is 12.1 Å². The fourth-order valence-corrected chi connectivity index (χ4v) is 1.81. The molecule has 9 heteroatoms. The number of hydrogen-bond acceptors (Lipinski definition) is 5. The Balaban J connectivity index is 2.72. The summed E-state index contributed by atoms with van der Waals surface area (Å²) < 4.78 is 40.9. The van der Waals surface area contributed by atoms with Crippen LogP contribution in [-0.4, -0.2) is 27.9 Å². The molecule has 1 N–H and O–H groups in total. The zero-order chi connectivity index (χ0) is 15.3. The van der Waals surface area contributed by atoms with E-state index in [1.807, 2.05) is 0 Å². The summed E-state index contributed by atoms with van der Waals surface area (Å²) in [7, 11) is 0. The largest absolute Gasteiger partial charge is 0.492 e. The summed E-state index contributed by atoms with van der Waals surface area (Å²) in [6.45, 7) is 1.16. The second-order valence-electron chi connectivity index (χ2n) is 3.80. The van der Waals surface area contributed by atoms with Gasteiger partial charge in [-0.25, -0.2) is 0 Å². The molecule has 20 heavy (non-hydrogen) atoms. The maximum Gasteiger partial charge on any atom is 0.441 e. The molecule has 0 saturated heterocycles. The predicted molar refractivity (Wildman–Crippen MR) is 67.7 cm³/mol. The van der Waals surface area contributed by atoms with E-state index in [9.17, 15) is 28.4 Å². The number of ether oxygens (including phenoxy) is 1. The molecule has 0 radical (unpaired) electrons. The maximum atomic E-state index is 11.9. The van der Waals surface area contributed by atoms with Crippen LogP contribution in [0.5, 0.6) is 5.75 Å². The van der Waals surface area contributed by atoms with Gasteiger partial charge >= 0.3 is 5.51 Å². The minimum absolute atomic E-state index is 0.133. The van der Waals surface area contributed by atoms with E-state index in [1.165, 1.54) is 13.0 Å². The van der Waals surface area contributed by atoms with Gasteiger partial charge < -0.3 is 9.84 Å². The monoisotopic (exact) mass is 311 g/mol. The first-order chi connectivity index (χ1) is 9.20. The molecule has 0 spiro atoms. The molecule has 0 aliphatic heterocycles. The summed E-state index contributed by atoms with van der Waals surface area (Å²) in [6.07, 6.45) is -1.03. The van der Waals surface area contributed by atoms with Gasteiger partial charge in [0.05, 0.1) is 17.6 Å². The Bertz CT molecular complexity index is 479. The Labute approximate surface area is 116 Å². The van der Waals surface area contributed by atoms with Crippen LogP contribution in [0.15, 0.2) is 18.2 Å². The van der Waals surface area contributed by atoms with Crippen LogP contribution in [0.2, 0.25) is 0 Å². The lowest BCUT2D eigenvalue weighted by Gasteiger charge is -2.13. The Morgan fingerprint density at radius 2 is 2.15 bits per heavy atom. The number of aliphatic hydroxyl groups excluding tert-OH is 1. The lowest BCUT2D eigenvalue weighted by Crippen LogP contribution is -2.09. The molecule has 0 aromatic heterocycles. The molecule has 1 atom stereocenters. The normalized spacial score (nSPS) is 13.1. The van der Waals surface area contributed by atoms with Crippen LogP contribution in [0.25, 0.3) is 0 Å². The Kier molecular flexibility index (Phi) is 5.63. The van der Waals surface area contributed by atoms with Crippen molar-refractivity contribution in [3.05, 3.63) is 33.9 Å². The van der Waals surface area contributed by atoms with Gasteiger partial charge in [-0.1, -0.05) is 0 Å². The second-order valence-corrected chi connectivity index (χ2v) is 4.96. The molecule has 0 aliphatic rings. The van der Waals surface area contributed by atoms with Crippen LogP contribution in [0.4, 0.5) is 18.9 Å². The number of non-ortho nitro benzene ring substituents is 1. The van der Waals surface area contributed by atoms with Crippen molar-refractivity contribution in [2.24, 2.45) is 0 Å². The van der Waals surface area contributed by atoms with E-state index < -0.39 is 16.5 Å². The minimum atomic E-state index is -4.33. The average molecular weight is 311 g/mol. The van der Waals surface area contributed by atoms with Crippen molar-refractivity contribution in [1.82, 2.24) is 0 Å². The molecule has 5 nitrogen and oxygen atoms in total. The van der Waals surface area contributed by atoms with Gasteiger partial charge in [0.2, 0.25) is 0 Å². The van der Waals surface area contributed by atoms with Crippen LogP contribution < -0.4 is 4.74 Å². The van der Waals surface area contributed by atoms with Gasteiger partial charge in [-0.3, -0.25) is 10.1 Å². The van der Waals surface area contributed by atoms with Gasteiger partial charge in [0.1, 0.15) is 5.75 Å². The number of nitro groups is 1. The SMILES string of the molecule is CC(O)c1cc([N+](=O)[O-])ccc1OCCSC(F)(F)F. The van der Waals surface area contributed by atoms with Gasteiger partial charge in [0.25, 0.3) is 5.69 Å². The molecule has 1 unspecified atom stereocenters. The summed E-state index contributed by atoms with van der Waals surface area (Å²) in [5, 5.41) is 20.1. The smallest absolute Gasteiger partial charge is 0.441 e. The highest BCUT2D eigenvalue weighted by Gasteiger charge is 2.27. The highest BCUT2D eigenvalue weighted by atomic mass is 32.2. The first-order valence-corrected chi connectivity index (χ1v) is 6.49. The zero-order valence-corrected chi connectivity index (χ0v) is 11.2. The van der Waals surface area contributed by atoms with E-state index >= 15 is 0 Å². The van der Waals surface area contributed by atoms with Gasteiger partial charge in [0.15, 0.2) is 0 Å². The molecule has 0 saturated carbocycles. The standard InChI is InChI=1S/C11H12F3NO4S/c1-7(16)9-6-8(15(17)18)2-3-10(9)19-4-5-20-11(12,13)14/h2-3,6-7,16H,4-5H2,1H3. The molecular formula is C11H12F3NO4S. The van der Waals surface area contributed by atoms with E-state index in [0.29, 0.717) is 0 Å². The van der Waals surface area contributed by atoms with Crippen molar-refractivity contribution in [2.45, 2.75) is 18.5 Å². The number of thioether (sulfide) groups is 1. The molecule has 1 aromatic carbocycles. The molecule has 0 fully saturated rings. The first kappa shape index (κ1) is 16.6. The maximum absolute atomic E-state index is 11.9. The third-order valence-electron chi connectivity index (χ3n) is 2.26. The fraction of sp³-hybridized carbons (Fsp3) is 0.455. The van der Waals surface area contributed by atoms with Crippen LogP contribution in [0.3, 0.4) is 0 Å². The summed E-state index contributed by atoms with van der Waals surface area (Å²) in [4.78, 5) is 9.98. The van der Waals surface area contributed by atoms with Crippen LogP contribution in [0.1, 0.15) is 18.6 Å². The van der Waals surface area contributed by atoms with Crippen molar-refractivity contribution >= 4 is 17.4 Å². The third-order valence-corrected chi connectivity index (χ3v) is 2.96. The van der Waals surface area contributed by atoms with Crippen molar-refractivity contribution in [3.8, 4) is 5.75 Å². The summed E-state index contributed by atoms with van der Waals surface area (Å²) >= 11 is -0.221. The molecule has 0 aliphatic carbocycles. The Morgan fingerprint density at radius 1 is 1.50 bits per heavy atom. The first-order valence-electron chi connectivity index (χ1n) is 5.50. The summed E-state index contributed by atoms with van der Waals surface area (Å²) in [5.74, 6) is -0.173. The predicted octanol–water partition coefficient (Wildman–Crippen LogP) is 3.28. The van der Waals surface area contributed by atoms with Crippen LogP contribution >= 0.6 is 11.8 Å². The number of halogens is 3. The molecule has 0 bridgehead atoms. The third kappa shape index (κ3) is 5.25. The molecular weight excluding hydrogens is 299 g/mol. The minimum Gasteiger partial charge on any atom is -0.492 e. The van der Waals surface area contributed by atoms with Crippen molar-refractivity contribution in [2.75, 3.05) is 12.4 Å². The lowest BCUT2D eigenvalue weighted by atomic mass is 10.1. The average Bonchev–Trinajstić information content (AvgIpc) is 2.33. The zero-order valence-electron chi connectivity index (χ0n) is 10.4. The van der Waals surface area contributed by atoms with Crippen molar-refractivity contribution in [3.63, 3.8) is 0 Å². The molecule has 0 amide bonds. The van der Waals surface area contributed by atoms with E-state index in [1.54, 1.807) is 0 Å². The van der Waals surface area contributed by atoms with Crippen LogP contribution in [-0.2, 0) is 0 Å². The molecule has 0 heterocycles. The van der Waals surface area contributed by atoms with E-state index in [2.05, 4.69) is 0 Å². The number of rotatable bonds is 6. The van der Waals surface area contributed by atoms with E-state index in [-0.39, 0.29) is 41.1 Å². The molecule has 1 rings (SSSR count). The fourth-order valence-electron chi connectivity index (χ4n) is 1.42. The molecule has 1 aromatic rings. The lowest BCUT2D eigenvalue weighted by molar-refractivity contribution is -0.385. The number of nitrogens with zero attached hydrogens (tertiary/aromatic N) is 1. The highest BCUT2D eigenvalue weighted by Crippen LogP contribution is 2.31. The van der Waals surface area contributed by atoms with Crippen molar-refractivity contribution < 1.29 is 27.9 Å². The van der Waals surface area contributed by atoms with Gasteiger partial charge in [-0.2, -0.15) is 13.2 Å².